The molecule has 1 N–H and O–H groups in total. The van der Waals surface area contributed by atoms with E-state index in [9.17, 15) is 4.79 Å². The van der Waals surface area contributed by atoms with Crippen LogP contribution in [0.2, 0.25) is 0 Å². The Kier molecular flexibility index (Phi) is 2.17. The van der Waals surface area contributed by atoms with Crippen LogP contribution < -0.4 is 5.32 Å². The van der Waals surface area contributed by atoms with E-state index in [-0.39, 0.29) is 17.8 Å². The van der Waals surface area contributed by atoms with Crippen LogP contribution >= 0.6 is 0 Å². The number of anilines is 1. The van der Waals surface area contributed by atoms with Crippen LogP contribution in [0.1, 0.15) is 12.8 Å². The summed E-state index contributed by atoms with van der Waals surface area (Å²) in [7, 11) is 1.80. The lowest BCUT2D eigenvalue weighted by Crippen LogP contribution is -2.13. The zero-order valence-electron chi connectivity index (χ0n) is 9.25. The lowest BCUT2D eigenvalue weighted by atomic mass is 10.4. The van der Waals surface area contributed by atoms with E-state index in [1.807, 2.05) is 0 Å². The van der Waals surface area contributed by atoms with Gasteiger partial charge in [-0.2, -0.15) is 5.10 Å². The van der Waals surface area contributed by atoms with Crippen LogP contribution in [0.15, 0.2) is 16.7 Å². The maximum absolute atomic E-state index is 11.5. The fraction of sp³-hybridized carbons (Fsp3) is 0.400. The van der Waals surface area contributed by atoms with E-state index < -0.39 is 0 Å². The zero-order valence-corrected chi connectivity index (χ0v) is 9.25. The quantitative estimate of drug-likeness (QED) is 0.848. The van der Waals surface area contributed by atoms with E-state index in [1.165, 1.54) is 0 Å². The highest BCUT2D eigenvalue weighted by atomic mass is 16.4. The molecule has 0 radical (unpaired) electrons. The number of carbonyl (C=O) groups excluding carboxylic acids is 1. The molecule has 7 heteroatoms. The van der Waals surface area contributed by atoms with E-state index >= 15 is 0 Å². The summed E-state index contributed by atoms with van der Waals surface area (Å²) in [5.41, 5.74) is 0.590. The molecule has 3 rings (SSSR count). The Morgan fingerprint density at radius 1 is 1.53 bits per heavy atom. The first kappa shape index (κ1) is 10.0. The normalized spacial score (nSPS) is 14.9. The summed E-state index contributed by atoms with van der Waals surface area (Å²) >= 11 is 0. The van der Waals surface area contributed by atoms with E-state index in [1.54, 1.807) is 24.0 Å². The lowest BCUT2D eigenvalue weighted by Gasteiger charge is -1.95. The molecule has 1 aliphatic carbocycles. The molecule has 0 saturated heterocycles. The van der Waals surface area contributed by atoms with Crippen molar-refractivity contribution in [3.8, 4) is 11.6 Å². The van der Waals surface area contributed by atoms with Crippen molar-refractivity contribution in [2.24, 2.45) is 13.0 Å². The summed E-state index contributed by atoms with van der Waals surface area (Å²) in [6.45, 7) is 0. The van der Waals surface area contributed by atoms with Gasteiger partial charge in [0.15, 0.2) is 0 Å². The van der Waals surface area contributed by atoms with Crippen molar-refractivity contribution in [2.75, 3.05) is 5.32 Å². The van der Waals surface area contributed by atoms with Crippen LogP contribution in [0.25, 0.3) is 11.6 Å². The molecule has 0 unspecified atom stereocenters. The average Bonchev–Trinajstić information content (AvgIpc) is 2.92. The maximum atomic E-state index is 11.5. The van der Waals surface area contributed by atoms with Crippen LogP contribution in [0, 0.1) is 5.92 Å². The molecule has 17 heavy (non-hydrogen) atoms. The minimum absolute atomic E-state index is 0.0544. The van der Waals surface area contributed by atoms with Gasteiger partial charge in [-0.3, -0.25) is 14.8 Å². The van der Waals surface area contributed by atoms with Crippen molar-refractivity contribution in [1.82, 2.24) is 20.0 Å². The van der Waals surface area contributed by atoms with Crippen LogP contribution in [-0.4, -0.2) is 25.9 Å². The molecule has 1 amide bonds. The first-order chi connectivity index (χ1) is 8.22. The third-order valence-electron chi connectivity index (χ3n) is 2.54. The third-order valence-corrected chi connectivity index (χ3v) is 2.54. The molecule has 7 nitrogen and oxygen atoms in total. The number of nitrogens with zero attached hydrogens (tertiary/aromatic N) is 4. The van der Waals surface area contributed by atoms with Gasteiger partial charge in [0.2, 0.25) is 5.91 Å². The van der Waals surface area contributed by atoms with Crippen LogP contribution in [0.3, 0.4) is 0 Å². The Hall–Kier alpha value is -2.18. The molecule has 0 aromatic carbocycles. The lowest BCUT2D eigenvalue weighted by molar-refractivity contribution is -0.117. The Labute approximate surface area is 96.8 Å². The van der Waals surface area contributed by atoms with Crippen molar-refractivity contribution in [2.45, 2.75) is 12.8 Å². The van der Waals surface area contributed by atoms with Crippen LogP contribution in [0.4, 0.5) is 6.01 Å². The van der Waals surface area contributed by atoms with Gasteiger partial charge in [-0.05, 0) is 18.9 Å². The molecule has 0 aliphatic heterocycles. The Morgan fingerprint density at radius 2 is 2.35 bits per heavy atom. The fourth-order valence-electron chi connectivity index (χ4n) is 1.46. The monoisotopic (exact) mass is 233 g/mol. The number of rotatable bonds is 3. The number of aryl methyl sites for hydroxylation is 1. The molecule has 0 bridgehead atoms. The number of nitrogens with one attached hydrogen (secondary N) is 1. The molecule has 1 fully saturated rings. The standard InChI is InChI=1S/C10H11N5O2/c1-15-5-4-7(14-15)9-12-13-10(17-9)11-8(16)6-2-3-6/h4-6H,2-3H2,1H3,(H,11,13,16). The summed E-state index contributed by atoms with van der Waals surface area (Å²) in [5, 5.41) is 14.3. The van der Waals surface area contributed by atoms with Crippen molar-refractivity contribution < 1.29 is 9.21 Å². The van der Waals surface area contributed by atoms with Gasteiger partial charge < -0.3 is 4.42 Å². The highest BCUT2D eigenvalue weighted by Gasteiger charge is 2.30. The second-order valence-electron chi connectivity index (χ2n) is 4.05. The molecule has 1 aliphatic rings. The van der Waals surface area contributed by atoms with Gasteiger partial charge in [0, 0.05) is 19.2 Å². The highest BCUT2D eigenvalue weighted by molar-refractivity contribution is 5.92. The number of hydrogen-bond donors (Lipinski definition) is 1. The Bertz CT molecular complexity index is 555. The van der Waals surface area contributed by atoms with Gasteiger partial charge in [-0.1, -0.05) is 5.10 Å². The first-order valence-corrected chi connectivity index (χ1v) is 5.37. The SMILES string of the molecule is Cn1ccc(-c2nnc(NC(=O)C3CC3)o2)n1. The van der Waals surface area contributed by atoms with Gasteiger partial charge in [0.1, 0.15) is 5.69 Å². The molecule has 2 heterocycles. The van der Waals surface area contributed by atoms with E-state index in [0.29, 0.717) is 11.6 Å². The van der Waals surface area contributed by atoms with Gasteiger partial charge in [-0.25, -0.2) is 0 Å². The van der Waals surface area contributed by atoms with E-state index in [4.69, 9.17) is 4.42 Å². The molecule has 1 saturated carbocycles. The van der Waals surface area contributed by atoms with Gasteiger partial charge in [0.05, 0.1) is 0 Å². The molecule has 2 aromatic rings. The first-order valence-electron chi connectivity index (χ1n) is 5.37. The smallest absolute Gasteiger partial charge is 0.322 e. The number of carbonyl (C=O) groups is 1. The molecule has 0 atom stereocenters. The summed E-state index contributed by atoms with van der Waals surface area (Å²) in [4.78, 5) is 11.5. The number of amides is 1. The fourth-order valence-corrected chi connectivity index (χ4v) is 1.46. The van der Waals surface area contributed by atoms with Crippen molar-refractivity contribution in [1.29, 1.82) is 0 Å². The van der Waals surface area contributed by atoms with Crippen LogP contribution in [0.5, 0.6) is 0 Å². The van der Waals surface area contributed by atoms with Crippen molar-refractivity contribution >= 4 is 11.9 Å². The summed E-state index contributed by atoms with van der Waals surface area (Å²) in [6.07, 6.45) is 3.65. The second-order valence-corrected chi connectivity index (χ2v) is 4.05. The second kappa shape index (κ2) is 3.69. The maximum Gasteiger partial charge on any atom is 0.322 e. The number of aromatic nitrogens is 4. The highest BCUT2D eigenvalue weighted by Crippen LogP contribution is 2.30. The van der Waals surface area contributed by atoms with Gasteiger partial charge in [-0.15, -0.1) is 5.10 Å². The largest absolute Gasteiger partial charge is 0.401 e. The summed E-state index contributed by atoms with van der Waals surface area (Å²) in [6, 6.07) is 1.89. The average molecular weight is 233 g/mol. The van der Waals surface area contributed by atoms with Crippen molar-refractivity contribution in [3.05, 3.63) is 12.3 Å². The van der Waals surface area contributed by atoms with Crippen LogP contribution in [-0.2, 0) is 11.8 Å². The molecular formula is C10H11N5O2. The minimum Gasteiger partial charge on any atom is -0.401 e. The predicted octanol–water partition coefficient (Wildman–Crippen LogP) is 0.819. The summed E-state index contributed by atoms with van der Waals surface area (Å²) in [5.74, 6) is 0.359. The number of hydrogen-bond acceptors (Lipinski definition) is 5. The van der Waals surface area contributed by atoms with E-state index in [0.717, 1.165) is 12.8 Å². The zero-order chi connectivity index (χ0) is 11.8. The topological polar surface area (TPSA) is 85.8 Å². The van der Waals surface area contributed by atoms with E-state index in [2.05, 4.69) is 20.6 Å². The Balaban J connectivity index is 1.75. The van der Waals surface area contributed by atoms with Gasteiger partial charge >= 0.3 is 6.01 Å². The summed E-state index contributed by atoms with van der Waals surface area (Å²) < 4.78 is 6.94. The van der Waals surface area contributed by atoms with Gasteiger partial charge in [0.25, 0.3) is 5.89 Å². The minimum atomic E-state index is -0.0544. The molecule has 0 spiro atoms. The Morgan fingerprint density at radius 3 is 3.00 bits per heavy atom. The molecule has 2 aromatic heterocycles. The molecule has 88 valence electrons. The predicted molar refractivity (Wildman–Crippen MR) is 57.9 cm³/mol. The third kappa shape index (κ3) is 2.03. The molecular weight excluding hydrogens is 222 g/mol. The van der Waals surface area contributed by atoms with Crippen molar-refractivity contribution in [3.63, 3.8) is 0 Å².